The molecule has 2 amide bonds. The lowest BCUT2D eigenvalue weighted by Gasteiger charge is -2.20. The van der Waals surface area contributed by atoms with Crippen molar-refractivity contribution in [1.29, 1.82) is 0 Å². The van der Waals surface area contributed by atoms with Crippen LogP contribution >= 0.6 is 0 Å². The molecule has 0 bridgehead atoms. The number of carbonyl (C=O) groups is 2. The fourth-order valence-electron chi connectivity index (χ4n) is 3.30. The Labute approximate surface area is 148 Å². The largest absolute Gasteiger partial charge is 0.352 e. The highest BCUT2D eigenvalue weighted by Gasteiger charge is 2.35. The molecule has 4 nitrogen and oxygen atoms in total. The van der Waals surface area contributed by atoms with Crippen molar-refractivity contribution in [3.05, 3.63) is 64.7 Å². The van der Waals surface area contributed by atoms with E-state index >= 15 is 0 Å². The summed E-state index contributed by atoms with van der Waals surface area (Å²) in [6.45, 7) is 7.02. The third-order valence-corrected chi connectivity index (χ3v) is 4.91. The first-order valence-corrected chi connectivity index (χ1v) is 8.65. The first-order chi connectivity index (χ1) is 12.0. The SMILES string of the molecule is Cc1cccc(CNC(=O)[C@@H]2CC(=O)N(c3cccc(C)c3C)C2)c1. The van der Waals surface area contributed by atoms with Crippen molar-refractivity contribution in [2.75, 3.05) is 11.4 Å². The van der Waals surface area contributed by atoms with Gasteiger partial charge in [-0.15, -0.1) is 0 Å². The number of amides is 2. The minimum absolute atomic E-state index is 0.0180. The fourth-order valence-corrected chi connectivity index (χ4v) is 3.30. The standard InChI is InChI=1S/C21H24N2O2/c1-14-6-4-8-17(10-14)12-22-21(25)18-11-20(24)23(13-18)19-9-5-7-15(2)16(19)3/h4-10,18H,11-13H2,1-3H3,(H,22,25)/t18-/m1/s1. The molecular weight excluding hydrogens is 312 g/mol. The van der Waals surface area contributed by atoms with Crippen LogP contribution in [0.2, 0.25) is 0 Å². The van der Waals surface area contributed by atoms with Crippen LogP contribution in [0.5, 0.6) is 0 Å². The maximum Gasteiger partial charge on any atom is 0.227 e. The highest BCUT2D eigenvalue weighted by molar-refractivity contribution is 6.00. The van der Waals surface area contributed by atoms with Gasteiger partial charge in [0.25, 0.3) is 0 Å². The average Bonchev–Trinajstić information content (AvgIpc) is 2.97. The van der Waals surface area contributed by atoms with E-state index in [4.69, 9.17) is 0 Å². The summed E-state index contributed by atoms with van der Waals surface area (Å²) < 4.78 is 0. The summed E-state index contributed by atoms with van der Waals surface area (Å²) in [5.41, 5.74) is 5.40. The molecule has 1 saturated heterocycles. The molecule has 1 aliphatic rings. The van der Waals surface area contributed by atoms with Crippen molar-refractivity contribution < 1.29 is 9.59 Å². The lowest BCUT2D eigenvalue weighted by atomic mass is 10.1. The second kappa shape index (κ2) is 7.09. The maximum absolute atomic E-state index is 12.5. The van der Waals surface area contributed by atoms with Crippen molar-refractivity contribution >= 4 is 17.5 Å². The van der Waals surface area contributed by atoms with Gasteiger partial charge < -0.3 is 10.2 Å². The molecule has 1 aliphatic heterocycles. The van der Waals surface area contributed by atoms with E-state index in [9.17, 15) is 9.59 Å². The number of rotatable bonds is 4. The van der Waals surface area contributed by atoms with E-state index in [1.54, 1.807) is 4.90 Å². The first kappa shape index (κ1) is 17.2. The average molecular weight is 336 g/mol. The number of hydrogen-bond donors (Lipinski definition) is 1. The Balaban J connectivity index is 1.65. The molecule has 0 aliphatic carbocycles. The fraction of sp³-hybridized carbons (Fsp3) is 0.333. The zero-order chi connectivity index (χ0) is 18.0. The van der Waals surface area contributed by atoms with Crippen LogP contribution in [0.1, 0.15) is 28.7 Å². The number of carbonyl (C=O) groups excluding carboxylic acids is 2. The van der Waals surface area contributed by atoms with Crippen LogP contribution in [-0.2, 0) is 16.1 Å². The molecule has 0 spiro atoms. The molecule has 25 heavy (non-hydrogen) atoms. The Morgan fingerprint density at radius 3 is 2.68 bits per heavy atom. The van der Waals surface area contributed by atoms with Crippen molar-refractivity contribution in [3.63, 3.8) is 0 Å². The molecule has 130 valence electrons. The Morgan fingerprint density at radius 1 is 1.16 bits per heavy atom. The van der Waals surface area contributed by atoms with Crippen LogP contribution in [0.4, 0.5) is 5.69 Å². The van der Waals surface area contributed by atoms with Crippen molar-refractivity contribution in [3.8, 4) is 0 Å². The second-order valence-corrected chi connectivity index (χ2v) is 6.83. The van der Waals surface area contributed by atoms with E-state index in [2.05, 4.69) is 11.4 Å². The van der Waals surface area contributed by atoms with Crippen LogP contribution in [0.15, 0.2) is 42.5 Å². The van der Waals surface area contributed by atoms with Gasteiger partial charge >= 0.3 is 0 Å². The molecule has 2 aromatic rings. The maximum atomic E-state index is 12.5. The van der Waals surface area contributed by atoms with Gasteiger partial charge in [0, 0.05) is 25.2 Å². The molecule has 1 atom stereocenters. The lowest BCUT2D eigenvalue weighted by Crippen LogP contribution is -2.32. The summed E-state index contributed by atoms with van der Waals surface area (Å²) >= 11 is 0. The highest BCUT2D eigenvalue weighted by Crippen LogP contribution is 2.29. The summed E-state index contributed by atoms with van der Waals surface area (Å²) in [6.07, 6.45) is 0.271. The molecule has 1 heterocycles. The molecule has 1 N–H and O–H groups in total. The Bertz CT molecular complexity index is 813. The van der Waals surface area contributed by atoms with E-state index in [-0.39, 0.29) is 24.2 Å². The molecule has 0 saturated carbocycles. The molecule has 1 fully saturated rings. The van der Waals surface area contributed by atoms with Gasteiger partial charge in [-0.3, -0.25) is 9.59 Å². The third kappa shape index (κ3) is 3.73. The first-order valence-electron chi connectivity index (χ1n) is 8.65. The Hall–Kier alpha value is -2.62. The van der Waals surface area contributed by atoms with Crippen LogP contribution in [-0.4, -0.2) is 18.4 Å². The normalized spacial score (nSPS) is 17.0. The zero-order valence-corrected chi connectivity index (χ0v) is 15.0. The topological polar surface area (TPSA) is 49.4 Å². The third-order valence-electron chi connectivity index (χ3n) is 4.91. The molecule has 3 rings (SSSR count). The molecular formula is C21H24N2O2. The van der Waals surface area contributed by atoms with Crippen LogP contribution < -0.4 is 10.2 Å². The van der Waals surface area contributed by atoms with Gasteiger partial charge in [-0.1, -0.05) is 42.0 Å². The number of benzene rings is 2. The lowest BCUT2D eigenvalue weighted by molar-refractivity contribution is -0.126. The van der Waals surface area contributed by atoms with Crippen molar-refractivity contribution in [1.82, 2.24) is 5.32 Å². The predicted octanol–water partition coefficient (Wildman–Crippen LogP) is 3.28. The van der Waals surface area contributed by atoms with Gasteiger partial charge in [0.05, 0.1) is 5.92 Å². The number of anilines is 1. The monoisotopic (exact) mass is 336 g/mol. The Kier molecular flexibility index (Phi) is 4.88. The van der Waals surface area contributed by atoms with Crippen LogP contribution in [0.25, 0.3) is 0 Å². The summed E-state index contributed by atoms with van der Waals surface area (Å²) in [7, 11) is 0. The number of hydrogen-bond acceptors (Lipinski definition) is 2. The van der Waals surface area contributed by atoms with Crippen LogP contribution in [0, 0.1) is 26.7 Å². The van der Waals surface area contributed by atoms with Gasteiger partial charge in [-0.2, -0.15) is 0 Å². The molecule has 4 heteroatoms. The second-order valence-electron chi connectivity index (χ2n) is 6.83. The summed E-state index contributed by atoms with van der Waals surface area (Å²) in [4.78, 5) is 26.7. The zero-order valence-electron chi connectivity index (χ0n) is 15.0. The summed E-state index contributed by atoms with van der Waals surface area (Å²) in [5, 5.41) is 2.97. The quantitative estimate of drug-likeness (QED) is 0.931. The number of nitrogens with one attached hydrogen (secondary N) is 1. The molecule has 0 radical (unpaired) electrons. The van der Waals surface area contributed by atoms with Gasteiger partial charge in [0.15, 0.2) is 0 Å². The van der Waals surface area contributed by atoms with Gasteiger partial charge in [-0.25, -0.2) is 0 Å². The van der Waals surface area contributed by atoms with Gasteiger partial charge in [0.1, 0.15) is 0 Å². The Morgan fingerprint density at radius 2 is 1.92 bits per heavy atom. The minimum Gasteiger partial charge on any atom is -0.352 e. The van der Waals surface area contributed by atoms with E-state index in [0.29, 0.717) is 13.1 Å². The molecule has 0 aromatic heterocycles. The predicted molar refractivity (Wildman–Crippen MR) is 99.4 cm³/mol. The smallest absolute Gasteiger partial charge is 0.227 e. The number of aryl methyl sites for hydroxylation is 2. The summed E-state index contributed by atoms with van der Waals surface area (Å²) in [5.74, 6) is -0.329. The van der Waals surface area contributed by atoms with Crippen LogP contribution in [0.3, 0.4) is 0 Å². The van der Waals surface area contributed by atoms with E-state index in [1.807, 2.05) is 57.2 Å². The summed E-state index contributed by atoms with van der Waals surface area (Å²) in [6, 6.07) is 14.0. The number of nitrogens with zero attached hydrogens (tertiary/aromatic N) is 1. The van der Waals surface area contributed by atoms with Gasteiger partial charge in [-0.05, 0) is 43.5 Å². The van der Waals surface area contributed by atoms with E-state index in [0.717, 1.165) is 22.4 Å². The minimum atomic E-state index is -0.294. The van der Waals surface area contributed by atoms with E-state index < -0.39 is 0 Å². The molecule has 2 aromatic carbocycles. The van der Waals surface area contributed by atoms with Gasteiger partial charge in [0.2, 0.25) is 11.8 Å². The van der Waals surface area contributed by atoms with Crippen molar-refractivity contribution in [2.24, 2.45) is 5.92 Å². The molecule has 0 unspecified atom stereocenters. The van der Waals surface area contributed by atoms with E-state index in [1.165, 1.54) is 5.56 Å². The highest BCUT2D eigenvalue weighted by atomic mass is 16.2. The van der Waals surface area contributed by atoms with Crippen molar-refractivity contribution in [2.45, 2.75) is 33.7 Å².